The zero-order valence-corrected chi connectivity index (χ0v) is 11.8. The van der Waals surface area contributed by atoms with Gasteiger partial charge in [-0.1, -0.05) is 20.8 Å². The van der Waals surface area contributed by atoms with Crippen LogP contribution in [0.1, 0.15) is 20.8 Å². The van der Waals surface area contributed by atoms with Gasteiger partial charge in [0.15, 0.2) is 0 Å². The first-order chi connectivity index (χ1) is 7.70. The SMILES string of the molecule is CC(C)(C)SCC(=O)OC[C@@H](O)CO[P+](=O)O. The van der Waals surface area contributed by atoms with Crippen molar-refractivity contribution in [2.24, 2.45) is 0 Å². The van der Waals surface area contributed by atoms with Crippen LogP contribution in [0.25, 0.3) is 0 Å². The Balaban J connectivity index is 3.66. The van der Waals surface area contributed by atoms with E-state index in [9.17, 15) is 14.5 Å². The maximum absolute atomic E-state index is 11.2. The van der Waals surface area contributed by atoms with E-state index in [1.807, 2.05) is 20.8 Å². The maximum atomic E-state index is 11.2. The average molecular weight is 285 g/mol. The van der Waals surface area contributed by atoms with Gasteiger partial charge in [0.2, 0.25) is 0 Å². The van der Waals surface area contributed by atoms with Gasteiger partial charge in [0.25, 0.3) is 0 Å². The third-order valence-electron chi connectivity index (χ3n) is 1.44. The number of hydrogen-bond acceptors (Lipinski definition) is 6. The molecule has 0 aliphatic heterocycles. The molecule has 0 aromatic rings. The molecule has 6 nitrogen and oxygen atoms in total. The Labute approximate surface area is 106 Å². The Morgan fingerprint density at radius 2 is 2.00 bits per heavy atom. The predicted octanol–water partition coefficient (Wildman–Crippen LogP) is 1.09. The summed E-state index contributed by atoms with van der Waals surface area (Å²) in [6.45, 7) is 5.35. The largest absolute Gasteiger partial charge is 0.694 e. The second-order valence-corrected chi connectivity index (χ2v) is 6.81. The summed E-state index contributed by atoms with van der Waals surface area (Å²) in [7, 11) is -2.74. The van der Waals surface area contributed by atoms with Crippen LogP contribution in [0.5, 0.6) is 0 Å². The van der Waals surface area contributed by atoms with Gasteiger partial charge in [-0.25, -0.2) is 0 Å². The summed E-state index contributed by atoms with van der Waals surface area (Å²) in [5.41, 5.74) is 0. The number of aliphatic hydroxyl groups excluding tert-OH is 1. The van der Waals surface area contributed by atoms with Crippen LogP contribution in [0.3, 0.4) is 0 Å². The number of rotatable bonds is 7. The molecular weight excluding hydrogens is 267 g/mol. The van der Waals surface area contributed by atoms with Crippen molar-refractivity contribution in [3.8, 4) is 0 Å². The number of hydrogen-bond donors (Lipinski definition) is 2. The molecule has 0 heterocycles. The van der Waals surface area contributed by atoms with Crippen molar-refractivity contribution in [3.63, 3.8) is 0 Å². The van der Waals surface area contributed by atoms with E-state index < -0.39 is 20.3 Å². The van der Waals surface area contributed by atoms with Crippen molar-refractivity contribution in [3.05, 3.63) is 0 Å². The van der Waals surface area contributed by atoms with Crippen LogP contribution in [-0.2, 0) is 18.6 Å². The van der Waals surface area contributed by atoms with Gasteiger partial charge in [-0.05, 0) is 0 Å². The van der Waals surface area contributed by atoms with Crippen LogP contribution in [0.2, 0.25) is 0 Å². The van der Waals surface area contributed by atoms with Gasteiger partial charge in [-0.3, -0.25) is 4.79 Å². The Kier molecular flexibility index (Phi) is 7.91. The zero-order valence-electron chi connectivity index (χ0n) is 10.1. The van der Waals surface area contributed by atoms with Gasteiger partial charge in [0.05, 0.1) is 5.75 Å². The zero-order chi connectivity index (χ0) is 13.5. The van der Waals surface area contributed by atoms with E-state index in [4.69, 9.17) is 9.63 Å². The standard InChI is InChI=1S/C9H17O6PS/c1-9(2,3)17-6-8(11)14-4-7(10)5-15-16(12)13/h7,10H,4-6H2,1-3H3/p+1/t7-/m1/s1. The van der Waals surface area contributed by atoms with Gasteiger partial charge in [0, 0.05) is 9.31 Å². The molecule has 17 heavy (non-hydrogen) atoms. The summed E-state index contributed by atoms with van der Waals surface area (Å²) >= 11 is 1.44. The van der Waals surface area contributed by atoms with E-state index in [0.717, 1.165) is 0 Å². The number of esters is 1. The molecule has 2 atom stereocenters. The highest BCUT2D eigenvalue weighted by molar-refractivity contribution is 8.01. The van der Waals surface area contributed by atoms with Gasteiger partial charge < -0.3 is 9.84 Å². The minimum atomic E-state index is -2.74. The molecule has 2 N–H and O–H groups in total. The number of thioether (sulfide) groups is 1. The Hall–Kier alpha value is -0.200. The van der Waals surface area contributed by atoms with E-state index in [-0.39, 0.29) is 23.7 Å². The molecule has 0 rings (SSSR count). The van der Waals surface area contributed by atoms with Crippen molar-refractivity contribution in [2.75, 3.05) is 19.0 Å². The first-order valence-electron chi connectivity index (χ1n) is 4.97. The summed E-state index contributed by atoms with van der Waals surface area (Å²) < 4.78 is 19.2. The van der Waals surface area contributed by atoms with E-state index in [0.29, 0.717) is 0 Å². The maximum Gasteiger partial charge on any atom is 0.694 e. The second kappa shape index (κ2) is 8.00. The third kappa shape index (κ3) is 12.1. The highest BCUT2D eigenvalue weighted by Gasteiger charge is 2.18. The molecule has 0 amide bonds. The van der Waals surface area contributed by atoms with Crippen molar-refractivity contribution >= 4 is 26.0 Å². The number of carbonyl (C=O) groups is 1. The normalized spacial score (nSPS) is 14.3. The lowest BCUT2D eigenvalue weighted by Gasteiger charge is -2.16. The topological polar surface area (TPSA) is 93.1 Å². The average Bonchev–Trinajstić information content (AvgIpc) is 2.19. The van der Waals surface area contributed by atoms with Crippen LogP contribution < -0.4 is 0 Å². The van der Waals surface area contributed by atoms with E-state index in [1.54, 1.807) is 0 Å². The molecule has 1 unspecified atom stereocenters. The van der Waals surface area contributed by atoms with Gasteiger partial charge in [0.1, 0.15) is 19.3 Å². The fourth-order valence-electron chi connectivity index (χ4n) is 0.704. The fraction of sp³-hybridized carbons (Fsp3) is 0.889. The number of ether oxygens (including phenoxy) is 1. The van der Waals surface area contributed by atoms with E-state index >= 15 is 0 Å². The van der Waals surface area contributed by atoms with Crippen LogP contribution >= 0.6 is 20.0 Å². The molecular formula is C9H18O6PS+. The van der Waals surface area contributed by atoms with Crippen molar-refractivity contribution < 1.29 is 28.6 Å². The molecule has 0 radical (unpaired) electrons. The van der Waals surface area contributed by atoms with Crippen LogP contribution in [-0.4, -0.2) is 45.8 Å². The molecule has 0 aromatic heterocycles. The van der Waals surface area contributed by atoms with Crippen LogP contribution in [0, 0.1) is 0 Å². The molecule has 0 saturated carbocycles. The lowest BCUT2D eigenvalue weighted by Crippen LogP contribution is -2.24. The molecule has 0 aliphatic rings. The van der Waals surface area contributed by atoms with Gasteiger partial charge in [-0.2, -0.15) is 0 Å². The van der Waals surface area contributed by atoms with Gasteiger partial charge in [-0.15, -0.1) is 21.2 Å². The molecule has 0 saturated heterocycles. The molecule has 0 bridgehead atoms. The first-order valence-corrected chi connectivity index (χ1v) is 7.09. The highest BCUT2D eigenvalue weighted by atomic mass is 32.2. The summed E-state index contributed by atoms with van der Waals surface area (Å²) in [5.74, 6) is -0.233. The molecule has 8 heteroatoms. The van der Waals surface area contributed by atoms with Crippen molar-refractivity contribution in [1.82, 2.24) is 0 Å². The number of aliphatic hydroxyl groups is 1. The summed E-state index contributed by atoms with van der Waals surface area (Å²) in [6.07, 6.45) is -1.09. The Bertz CT molecular complexity index is 265. The summed E-state index contributed by atoms with van der Waals surface area (Å²) in [6, 6.07) is 0. The van der Waals surface area contributed by atoms with Gasteiger partial charge >= 0.3 is 14.2 Å². The summed E-state index contributed by atoms with van der Waals surface area (Å²) in [5, 5.41) is 9.23. The Morgan fingerprint density at radius 3 is 2.47 bits per heavy atom. The molecule has 0 fully saturated rings. The van der Waals surface area contributed by atoms with E-state index in [2.05, 4.69) is 4.52 Å². The minimum Gasteiger partial charge on any atom is -0.462 e. The molecule has 0 aliphatic carbocycles. The van der Waals surface area contributed by atoms with Crippen LogP contribution in [0.15, 0.2) is 0 Å². The smallest absolute Gasteiger partial charge is 0.462 e. The molecule has 100 valence electrons. The van der Waals surface area contributed by atoms with Crippen LogP contribution in [0.4, 0.5) is 0 Å². The Morgan fingerprint density at radius 1 is 1.41 bits per heavy atom. The quantitative estimate of drug-likeness (QED) is 0.534. The first kappa shape index (κ1) is 16.8. The lowest BCUT2D eigenvalue weighted by atomic mass is 10.3. The predicted molar refractivity (Wildman–Crippen MR) is 65.0 cm³/mol. The third-order valence-corrected chi connectivity index (χ3v) is 3.05. The van der Waals surface area contributed by atoms with Crippen molar-refractivity contribution in [2.45, 2.75) is 31.6 Å². The summed E-state index contributed by atoms with van der Waals surface area (Å²) in [4.78, 5) is 19.5. The fourth-order valence-corrected chi connectivity index (χ4v) is 1.64. The van der Waals surface area contributed by atoms with Crippen molar-refractivity contribution in [1.29, 1.82) is 0 Å². The van der Waals surface area contributed by atoms with E-state index in [1.165, 1.54) is 11.8 Å². The minimum absolute atomic E-state index is 0.0317. The monoisotopic (exact) mass is 285 g/mol. The highest BCUT2D eigenvalue weighted by Crippen LogP contribution is 2.22. The number of carbonyl (C=O) groups excluding carboxylic acids is 1. The molecule has 0 spiro atoms. The second-order valence-electron chi connectivity index (χ2n) is 4.27. The molecule has 0 aromatic carbocycles. The lowest BCUT2D eigenvalue weighted by molar-refractivity contribution is -0.143.